The Labute approximate surface area is 175 Å². The standard InChI is InChI=1S/C19H17N3O5S2/c1-3-7-22-17(25)15(29-19(22)21-18-20-6-8-28-18)10-12-4-5-13(14(9-12)26-2)27-11-16(23)24/h3-6,8-10H,1,7,11H2,2H3,(H,23,24)/p-1/b15-10-,21-19?. The zero-order valence-corrected chi connectivity index (χ0v) is 17.0. The first kappa shape index (κ1) is 20.6. The van der Waals surface area contributed by atoms with E-state index in [-0.39, 0.29) is 11.7 Å². The zero-order valence-electron chi connectivity index (χ0n) is 15.4. The van der Waals surface area contributed by atoms with Crippen molar-refractivity contribution in [3.63, 3.8) is 0 Å². The fraction of sp³-hybridized carbons (Fsp3) is 0.158. The van der Waals surface area contributed by atoms with Crippen molar-refractivity contribution in [2.75, 3.05) is 20.3 Å². The van der Waals surface area contributed by atoms with Gasteiger partial charge in [-0.1, -0.05) is 12.1 Å². The number of methoxy groups -OCH3 is 1. The number of thioether (sulfide) groups is 1. The summed E-state index contributed by atoms with van der Waals surface area (Å²) < 4.78 is 10.4. The molecule has 0 bridgehead atoms. The highest BCUT2D eigenvalue weighted by molar-refractivity contribution is 8.18. The third-order valence-electron chi connectivity index (χ3n) is 3.64. The van der Waals surface area contributed by atoms with Crippen LogP contribution in [0.15, 0.2) is 52.3 Å². The molecule has 0 unspecified atom stereocenters. The fourth-order valence-corrected chi connectivity index (χ4v) is 3.97. The van der Waals surface area contributed by atoms with E-state index in [9.17, 15) is 14.7 Å². The van der Waals surface area contributed by atoms with E-state index in [1.165, 1.54) is 35.1 Å². The predicted molar refractivity (Wildman–Crippen MR) is 110 cm³/mol. The molecule has 0 atom stereocenters. The monoisotopic (exact) mass is 430 g/mol. The molecule has 1 aromatic heterocycles. The first-order chi connectivity index (χ1) is 14.0. The van der Waals surface area contributed by atoms with Crippen molar-refractivity contribution < 1.29 is 24.2 Å². The summed E-state index contributed by atoms with van der Waals surface area (Å²) in [7, 11) is 1.44. The molecule has 0 N–H and O–H groups in total. The molecule has 0 radical (unpaired) electrons. The molecular formula is C19H16N3O5S2-. The summed E-state index contributed by atoms with van der Waals surface area (Å²) in [4.78, 5) is 34.0. The number of rotatable bonds is 8. The number of carbonyl (C=O) groups is 2. The van der Waals surface area contributed by atoms with Crippen LogP contribution in [0.4, 0.5) is 5.13 Å². The molecule has 0 spiro atoms. The Morgan fingerprint density at radius 3 is 2.90 bits per heavy atom. The molecule has 1 saturated heterocycles. The van der Waals surface area contributed by atoms with Crippen LogP contribution >= 0.6 is 23.1 Å². The van der Waals surface area contributed by atoms with Crippen LogP contribution in [0.3, 0.4) is 0 Å². The van der Waals surface area contributed by atoms with Gasteiger partial charge in [-0.25, -0.2) is 4.98 Å². The number of hydrogen-bond acceptors (Lipinski definition) is 9. The number of benzene rings is 1. The van der Waals surface area contributed by atoms with Gasteiger partial charge in [0, 0.05) is 18.1 Å². The predicted octanol–water partition coefficient (Wildman–Crippen LogP) is 2.07. The molecule has 0 saturated carbocycles. The largest absolute Gasteiger partial charge is 0.546 e. The second-order valence-corrected chi connectivity index (χ2v) is 7.48. The SMILES string of the molecule is C=CCN1C(=O)/C(=C/c2ccc(OCC(=O)[O-])c(OC)c2)SC1=Nc1nccs1. The summed E-state index contributed by atoms with van der Waals surface area (Å²) in [6.45, 7) is 3.44. The molecule has 3 rings (SSSR count). The van der Waals surface area contributed by atoms with Gasteiger partial charge in [-0.3, -0.25) is 9.69 Å². The van der Waals surface area contributed by atoms with Gasteiger partial charge in [0.1, 0.15) is 6.61 Å². The summed E-state index contributed by atoms with van der Waals surface area (Å²) in [6, 6.07) is 4.92. The maximum Gasteiger partial charge on any atom is 0.267 e. The van der Waals surface area contributed by atoms with Gasteiger partial charge in [-0.2, -0.15) is 4.99 Å². The second-order valence-electron chi connectivity index (χ2n) is 5.60. The summed E-state index contributed by atoms with van der Waals surface area (Å²) in [6.07, 6.45) is 4.99. The average Bonchev–Trinajstić information content (AvgIpc) is 3.31. The minimum Gasteiger partial charge on any atom is -0.546 e. The topological polar surface area (TPSA) is 104 Å². The quantitative estimate of drug-likeness (QED) is 0.466. The van der Waals surface area contributed by atoms with E-state index in [0.29, 0.717) is 33.1 Å². The lowest BCUT2D eigenvalue weighted by atomic mass is 10.2. The van der Waals surface area contributed by atoms with Crippen LogP contribution in [-0.4, -0.2) is 47.2 Å². The number of nitrogens with zero attached hydrogens (tertiary/aromatic N) is 3. The van der Waals surface area contributed by atoms with Gasteiger partial charge >= 0.3 is 0 Å². The third-order valence-corrected chi connectivity index (χ3v) is 5.31. The van der Waals surface area contributed by atoms with Crippen molar-refractivity contribution in [3.8, 4) is 11.5 Å². The van der Waals surface area contributed by atoms with Crippen molar-refractivity contribution in [1.29, 1.82) is 0 Å². The smallest absolute Gasteiger partial charge is 0.267 e. The van der Waals surface area contributed by atoms with Crippen molar-refractivity contribution in [2.45, 2.75) is 0 Å². The molecule has 10 heteroatoms. The van der Waals surface area contributed by atoms with Crippen molar-refractivity contribution >= 4 is 51.4 Å². The summed E-state index contributed by atoms with van der Waals surface area (Å²) in [5.74, 6) is -0.916. The van der Waals surface area contributed by atoms with E-state index in [1.807, 2.05) is 5.38 Å². The lowest BCUT2D eigenvalue weighted by Crippen LogP contribution is -2.29. The molecule has 0 aliphatic carbocycles. The molecule has 2 heterocycles. The molecule has 29 heavy (non-hydrogen) atoms. The maximum atomic E-state index is 12.8. The Morgan fingerprint density at radius 2 is 2.24 bits per heavy atom. The van der Waals surface area contributed by atoms with Crippen LogP contribution in [0.5, 0.6) is 11.5 Å². The normalized spacial score (nSPS) is 16.4. The van der Waals surface area contributed by atoms with Gasteiger partial charge in [0.15, 0.2) is 16.7 Å². The van der Waals surface area contributed by atoms with Crippen LogP contribution in [0.2, 0.25) is 0 Å². The minimum absolute atomic E-state index is 0.193. The molecule has 1 aliphatic heterocycles. The number of carbonyl (C=O) groups excluding carboxylic acids is 2. The third kappa shape index (κ3) is 5.04. The Kier molecular flexibility index (Phi) is 6.68. The van der Waals surface area contributed by atoms with Crippen LogP contribution in [0.25, 0.3) is 6.08 Å². The number of aliphatic imine (C=N–C) groups is 1. The summed E-state index contributed by atoms with van der Waals surface area (Å²) in [5.41, 5.74) is 0.688. The molecule has 1 aliphatic rings. The fourth-order valence-electron chi connectivity index (χ4n) is 2.42. The molecule has 1 aromatic carbocycles. The van der Waals surface area contributed by atoms with E-state index in [2.05, 4.69) is 16.6 Å². The highest BCUT2D eigenvalue weighted by Gasteiger charge is 2.32. The van der Waals surface area contributed by atoms with Crippen LogP contribution in [0, 0.1) is 0 Å². The Morgan fingerprint density at radius 1 is 1.41 bits per heavy atom. The number of amides is 1. The molecule has 1 fully saturated rings. The van der Waals surface area contributed by atoms with Crippen molar-refractivity contribution in [3.05, 3.63) is 52.9 Å². The molecule has 2 aromatic rings. The van der Waals surface area contributed by atoms with E-state index in [4.69, 9.17) is 9.47 Å². The number of carboxylic acids is 1. The Bertz CT molecular complexity index is 986. The van der Waals surface area contributed by atoms with Crippen LogP contribution < -0.4 is 14.6 Å². The van der Waals surface area contributed by atoms with Gasteiger partial charge in [0.05, 0.1) is 18.0 Å². The highest BCUT2D eigenvalue weighted by Crippen LogP contribution is 2.36. The van der Waals surface area contributed by atoms with E-state index in [1.54, 1.807) is 36.5 Å². The van der Waals surface area contributed by atoms with E-state index in [0.717, 1.165) is 0 Å². The number of aliphatic carboxylic acids is 1. The Balaban J connectivity index is 1.88. The molecular weight excluding hydrogens is 414 g/mol. The zero-order chi connectivity index (χ0) is 20.8. The average molecular weight is 430 g/mol. The first-order valence-corrected chi connectivity index (χ1v) is 10.0. The van der Waals surface area contributed by atoms with E-state index < -0.39 is 12.6 Å². The second kappa shape index (κ2) is 9.39. The molecule has 1 amide bonds. The lowest BCUT2D eigenvalue weighted by Gasteiger charge is -2.12. The summed E-state index contributed by atoms with van der Waals surface area (Å²) in [5, 5.41) is 13.5. The maximum absolute atomic E-state index is 12.8. The minimum atomic E-state index is -1.33. The van der Waals surface area contributed by atoms with Gasteiger partial charge in [-0.15, -0.1) is 17.9 Å². The van der Waals surface area contributed by atoms with Crippen LogP contribution in [0.1, 0.15) is 5.56 Å². The van der Waals surface area contributed by atoms with Gasteiger partial charge in [-0.05, 0) is 35.5 Å². The van der Waals surface area contributed by atoms with Crippen molar-refractivity contribution in [1.82, 2.24) is 9.88 Å². The lowest BCUT2D eigenvalue weighted by molar-refractivity contribution is -0.307. The number of hydrogen-bond donors (Lipinski definition) is 0. The van der Waals surface area contributed by atoms with Gasteiger partial charge in [0.25, 0.3) is 5.91 Å². The number of amidine groups is 1. The first-order valence-electron chi connectivity index (χ1n) is 8.33. The number of aromatic nitrogens is 1. The number of carboxylic acid groups (broad SMARTS) is 1. The number of ether oxygens (including phenoxy) is 2. The van der Waals surface area contributed by atoms with Crippen molar-refractivity contribution in [2.24, 2.45) is 4.99 Å². The highest BCUT2D eigenvalue weighted by atomic mass is 32.2. The Hall–Kier alpha value is -3.11. The van der Waals surface area contributed by atoms with Crippen LogP contribution in [-0.2, 0) is 9.59 Å². The van der Waals surface area contributed by atoms with Gasteiger partial charge in [0.2, 0.25) is 5.13 Å². The summed E-state index contributed by atoms with van der Waals surface area (Å²) >= 11 is 2.62. The molecule has 150 valence electrons. The molecule has 8 nitrogen and oxygen atoms in total. The van der Waals surface area contributed by atoms with Gasteiger partial charge < -0.3 is 19.4 Å². The van der Waals surface area contributed by atoms with E-state index >= 15 is 0 Å². The number of thiazole rings is 1.